The molecule has 18 heavy (non-hydrogen) atoms. The Morgan fingerprint density at radius 2 is 2.06 bits per heavy atom. The number of carbonyl (C=O) groups excluding carboxylic acids is 1. The Balaban J connectivity index is 1.93. The molecule has 4 nitrogen and oxygen atoms in total. The van der Waals surface area contributed by atoms with Crippen molar-refractivity contribution in [2.24, 2.45) is 5.73 Å². The van der Waals surface area contributed by atoms with E-state index in [9.17, 15) is 4.79 Å². The van der Waals surface area contributed by atoms with Crippen molar-refractivity contribution in [1.29, 1.82) is 0 Å². The van der Waals surface area contributed by atoms with Crippen LogP contribution < -0.4 is 11.1 Å². The predicted molar refractivity (Wildman–Crippen MR) is 69.4 cm³/mol. The third-order valence-electron chi connectivity index (χ3n) is 2.57. The normalized spacial score (nSPS) is 12.1. The van der Waals surface area contributed by atoms with E-state index in [0.717, 1.165) is 5.56 Å². The summed E-state index contributed by atoms with van der Waals surface area (Å²) >= 11 is 5.71. The summed E-state index contributed by atoms with van der Waals surface area (Å²) in [4.78, 5) is 11.8. The number of nitrogens with one attached hydrogen (secondary N) is 1. The van der Waals surface area contributed by atoms with Gasteiger partial charge in [0.25, 0.3) is 5.91 Å². The topological polar surface area (TPSA) is 68.3 Å². The van der Waals surface area contributed by atoms with E-state index in [1.807, 2.05) is 30.3 Å². The molecular formula is C13H13ClN2O2. The minimum atomic E-state index is -0.292. The number of furan rings is 1. The maximum Gasteiger partial charge on any atom is 0.256 e. The zero-order valence-corrected chi connectivity index (χ0v) is 10.4. The van der Waals surface area contributed by atoms with Crippen molar-refractivity contribution >= 4 is 17.5 Å². The highest BCUT2D eigenvalue weighted by Crippen LogP contribution is 2.16. The molecule has 0 aliphatic carbocycles. The molecule has 2 rings (SSSR count). The van der Waals surface area contributed by atoms with E-state index in [4.69, 9.17) is 21.8 Å². The minimum Gasteiger partial charge on any atom is -0.452 e. The molecule has 1 atom stereocenters. The average Bonchev–Trinajstić information content (AvgIpc) is 2.83. The highest BCUT2D eigenvalue weighted by molar-refractivity contribution is 6.32. The van der Waals surface area contributed by atoms with Crippen molar-refractivity contribution in [3.05, 3.63) is 59.0 Å². The summed E-state index contributed by atoms with van der Waals surface area (Å²) in [6.07, 6.45) is 1.37. The van der Waals surface area contributed by atoms with Gasteiger partial charge in [0.15, 0.2) is 0 Å². The fourth-order valence-corrected chi connectivity index (χ4v) is 1.77. The molecular weight excluding hydrogens is 252 g/mol. The predicted octanol–water partition coefficient (Wildman–Crippen LogP) is 2.36. The fourth-order valence-electron chi connectivity index (χ4n) is 1.57. The van der Waals surface area contributed by atoms with E-state index in [1.54, 1.807) is 0 Å². The molecule has 0 fully saturated rings. The Hall–Kier alpha value is -1.78. The molecule has 0 aliphatic rings. The quantitative estimate of drug-likeness (QED) is 0.891. The maximum atomic E-state index is 11.8. The van der Waals surface area contributed by atoms with Crippen LogP contribution in [-0.2, 0) is 0 Å². The van der Waals surface area contributed by atoms with Crippen molar-refractivity contribution in [1.82, 2.24) is 5.32 Å². The number of nitrogens with two attached hydrogens (primary N) is 1. The average molecular weight is 265 g/mol. The van der Waals surface area contributed by atoms with Crippen LogP contribution in [0.3, 0.4) is 0 Å². The first kappa shape index (κ1) is 12.7. The zero-order chi connectivity index (χ0) is 13.0. The maximum absolute atomic E-state index is 11.8. The molecule has 3 N–H and O–H groups in total. The first-order valence-electron chi connectivity index (χ1n) is 5.50. The van der Waals surface area contributed by atoms with Crippen LogP contribution in [0.25, 0.3) is 0 Å². The first-order chi connectivity index (χ1) is 8.68. The minimum absolute atomic E-state index is 0.0841. The molecule has 94 valence electrons. The second-order valence-corrected chi connectivity index (χ2v) is 4.18. The van der Waals surface area contributed by atoms with Gasteiger partial charge in [-0.2, -0.15) is 0 Å². The van der Waals surface area contributed by atoms with Crippen LogP contribution in [0.2, 0.25) is 5.22 Å². The number of hydrogen-bond donors (Lipinski definition) is 2. The lowest BCUT2D eigenvalue weighted by Crippen LogP contribution is -2.31. The van der Waals surface area contributed by atoms with Gasteiger partial charge in [-0.05, 0) is 23.2 Å². The summed E-state index contributed by atoms with van der Waals surface area (Å²) in [6, 6.07) is 10.8. The van der Waals surface area contributed by atoms with Crippen LogP contribution in [0.15, 0.2) is 47.1 Å². The highest BCUT2D eigenvalue weighted by Gasteiger charge is 2.14. The fraction of sp³-hybridized carbons (Fsp3) is 0.154. The Morgan fingerprint density at radius 1 is 1.33 bits per heavy atom. The number of carbonyl (C=O) groups is 1. The van der Waals surface area contributed by atoms with E-state index in [-0.39, 0.29) is 17.2 Å². The number of halogens is 1. The Labute approximate surface area is 110 Å². The van der Waals surface area contributed by atoms with Gasteiger partial charge in [0, 0.05) is 12.6 Å². The molecule has 0 spiro atoms. The van der Waals surface area contributed by atoms with E-state index in [0.29, 0.717) is 12.1 Å². The monoisotopic (exact) mass is 264 g/mol. The molecule has 1 amide bonds. The van der Waals surface area contributed by atoms with Gasteiger partial charge in [-0.1, -0.05) is 30.3 Å². The lowest BCUT2D eigenvalue weighted by atomic mass is 10.1. The van der Waals surface area contributed by atoms with Gasteiger partial charge in [-0.25, -0.2) is 0 Å². The molecule has 0 aliphatic heterocycles. The molecule has 0 bridgehead atoms. The Bertz CT molecular complexity index is 525. The second-order valence-electron chi connectivity index (χ2n) is 3.84. The van der Waals surface area contributed by atoms with Crippen LogP contribution in [0, 0.1) is 0 Å². The van der Waals surface area contributed by atoms with Crippen molar-refractivity contribution in [3.8, 4) is 0 Å². The van der Waals surface area contributed by atoms with Crippen molar-refractivity contribution in [2.45, 2.75) is 6.04 Å². The van der Waals surface area contributed by atoms with Crippen LogP contribution in [0.1, 0.15) is 22.0 Å². The van der Waals surface area contributed by atoms with Gasteiger partial charge in [-0.3, -0.25) is 4.79 Å². The molecule has 2 aromatic rings. The molecule has 1 heterocycles. The van der Waals surface area contributed by atoms with E-state index in [2.05, 4.69) is 5.32 Å². The Morgan fingerprint density at radius 3 is 2.67 bits per heavy atom. The van der Waals surface area contributed by atoms with E-state index < -0.39 is 0 Å². The number of benzene rings is 1. The lowest BCUT2D eigenvalue weighted by Gasteiger charge is -2.12. The van der Waals surface area contributed by atoms with Crippen LogP contribution in [0.4, 0.5) is 0 Å². The van der Waals surface area contributed by atoms with Gasteiger partial charge in [0.1, 0.15) is 0 Å². The highest BCUT2D eigenvalue weighted by atomic mass is 35.5. The summed E-state index contributed by atoms with van der Waals surface area (Å²) in [5.41, 5.74) is 7.25. The van der Waals surface area contributed by atoms with Gasteiger partial charge >= 0.3 is 0 Å². The first-order valence-corrected chi connectivity index (χ1v) is 5.88. The van der Waals surface area contributed by atoms with Gasteiger partial charge < -0.3 is 15.5 Å². The van der Waals surface area contributed by atoms with Crippen molar-refractivity contribution in [3.63, 3.8) is 0 Å². The van der Waals surface area contributed by atoms with Gasteiger partial charge in [0.05, 0.1) is 11.8 Å². The van der Waals surface area contributed by atoms with Gasteiger partial charge in [-0.15, -0.1) is 0 Å². The summed E-state index contributed by atoms with van der Waals surface area (Å²) in [5.74, 6) is -0.292. The number of amides is 1. The zero-order valence-electron chi connectivity index (χ0n) is 9.60. The molecule has 5 heteroatoms. The second kappa shape index (κ2) is 5.71. The van der Waals surface area contributed by atoms with Crippen molar-refractivity contribution < 1.29 is 9.21 Å². The van der Waals surface area contributed by atoms with Crippen LogP contribution in [-0.4, -0.2) is 12.5 Å². The standard InChI is InChI=1S/C13H13ClN2O2/c14-12-10(6-7-18-12)13(17)16-8-11(15)9-4-2-1-3-5-9/h1-7,11H,8,15H2,(H,16,17). The molecule has 1 aromatic carbocycles. The molecule has 1 unspecified atom stereocenters. The summed E-state index contributed by atoms with van der Waals surface area (Å²) < 4.78 is 4.85. The number of hydrogen-bond acceptors (Lipinski definition) is 3. The van der Waals surface area contributed by atoms with Crippen molar-refractivity contribution in [2.75, 3.05) is 6.54 Å². The molecule has 0 radical (unpaired) electrons. The number of rotatable bonds is 4. The van der Waals surface area contributed by atoms with Crippen LogP contribution in [0.5, 0.6) is 0 Å². The molecule has 0 saturated carbocycles. The summed E-state index contributed by atoms with van der Waals surface area (Å²) in [6.45, 7) is 0.338. The van der Waals surface area contributed by atoms with Gasteiger partial charge in [0.2, 0.25) is 5.22 Å². The smallest absolute Gasteiger partial charge is 0.256 e. The SMILES string of the molecule is NC(CNC(=O)c1ccoc1Cl)c1ccccc1. The third kappa shape index (κ3) is 2.91. The van der Waals surface area contributed by atoms with E-state index >= 15 is 0 Å². The third-order valence-corrected chi connectivity index (χ3v) is 2.87. The Kier molecular flexibility index (Phi) is 4.02. The summed E-state index contributed by atoms with van der Waals surface area (Å²) in [7, 11) is 0. The summed E-state index contributed by atoms with van der Waals surface area (Å²) in [5, 5.41) is 2.80. The van der Waals surface area contributed by atoms with Crippen LogP contribution >= 0.6 is 11.6 Å². The lowest BCUT2D eigenvalue weighted by molar-refractivity contribution is 0.0951. The van der Waals surface area contributed by atoms with E-state index in [1.165, 1.54) is 12.3 Å². The largest absolute Gasteiger partial charge is 0.452 e. The molecule has 1 aromatic heterocycles. The molecule has 0 saturated heterocycles.